The van der Waals surface area contributed by atoms with E-state index >= 15 is 0 Å². The first kappa shape index (κ1) is 11.9. The summed E-state index contributed by atoms with van der Waals surface area (Å²) >= 11 is 0. The Balaban J connectivity index is 1.78. The van der Waals surface area contributed by atoms with Gasteiger partial charge in [-0.1, -0.05) is 30.3 Å². The molecule has 0 aromatic heterocycles. The maximum Gasteiger partial charge on any atom is 0.155 e. The number of hydrogen-bond donors (Lipinski definition) is 0. The molecular weight excluding hydrogens is 260 g/mol. The van der Waals surface area contributed by atoms with Gasteiger partial charge in [0.25, 0.3) is 0 Å². The molecule has 0 atom stereocenters. The van der Waals surface area contributed by atoms with Crippen LogP contribution in [0, 0.1) is 0 Å². The number of hydrogen-bond acceptors (Lipinski definition) is 3. The van der Waals surface area contributed by atoms with E-state index in [1.807, 2.05) is 78.2 Å². The predicted octanol–water partition coefficient (Wildman–Crippen LogP) is 4.14. The van der Waals surface area contributed by atoms with Gasteiger partial charge in [0.05, 0.1) is 11.9 Å². The molecule has 21 heavy (non-hydrogen) atoms. The number of hydrazine groups is 1. The zero-order valence-corrected chi connectivity index (χ0v) is 11.4. The molecule has 0 saturated carbocycles. The average molecular weight is 274 g/mol. The number of nitrogens with zero attached hydrogens (tertiary/aromatic N) is 2. The number of rotatable bonds is 2. The molecule has 3 heteroatoms. The van der Waals surface area contributed by atoms with E-state index in [0.717, 1.165) is 22.8 Å². The molecule has 102 valence electrons. The molecule has 2 heterocycles. The highest BCUT2D eigenvalue weighted by Crippen LogP contribution is 2.35. The minimum atomic E-state index is 0.837. The fourth-order valence-electron chi connectivity index (χ4n) is 2.50. The van der Waals surface area contributed by atoms with Crippen molar-refractivity contribution < 1.29 is 4.74 Å². The van der Waals surface area contributed by atoms with E-state index in [2.05, 4.69) is 17.1 Å². The van der Waals surface area contributed by atoms with Gasteiger partial charge in [-0.15, -0.1) is 0 Å². The second kappa shape index (κ2) is 4.87. The summed E-state index contributed by atoms with van der Waals surface area (Å²) in [5.74, 6) is 1.68. The van der Waals surface area contributed by atoms with Gasteiger partial charge in [0.1, 0.15) is 5.75 Å². The highest BCUT2D eigenvalue weighted by molar-refractivity contribution is 5.78. The van der Waals surface area contributed by atoms with E-state index in [9.17, 15) is 0 Å². The van der Waals surface area contributed by atoms with Crippen LogP contribution in [0.15, 0.2) is 85.3 Å². The Kier molecular flexibility index (Phi) is 2.75. The Labute approximate surface area is 123 Å². The van der Waals surface area contributed by atoms with Gasteiger partial charge in [-0.2, -0.15) is 0 Å². The van der Waals surface area contributed by atoms with Crippen LogP contribution >= 0.6 is 0 Å². The molecule has 2 aliphatic rings. The van der Waals surface area contributed by atoms with Gasteiger partial charge in [0, 0.05) is 18.0 Å². The SMILES string of the molecule is C1=CN2C=C(Oc3ccccc3)c3ccccc3N2C=C1. The minimum absolute atomic E-state index is 0.837. The third-order valence-corrected chi connectivity index (χ3v) is 3.46. The van der Waals surface area contributed by atoms with Crippen molar-refractivity contribution in [2.45, 2.75) is 0 Å². The molecule has 0 fully saturated rings. The molecule has 0 spiro atoms. The number of anilines is 1. The summed E-state index contributed by atoms with van der Waals surface area (Å²) in [5, 5.41) is 4.10. The maximum atomic E-state index is 6.07. The third kappa shape index (κ3) is 2.09. The monoisotopic (exact) mass is 274 g/mol. The van der Waals surface area contributed by atoms with Gasteiger partial charge in [0.15, 0.2) is 5.76 Å². The first-order valence-corrected chi connectivity index (χ1v) is 6.88. The Morgan fingerprint density at radius 1 is 0.762 bits per heavy atom. The van der Waals surface area contributed by atoms with Crippen LogP contribution in [0.4, 0.5) is 5.69 Å². The zero-order valence-electron chi connectivity index (χ0n) is 11.4. The summed E-state index contributed by atoms with van der Waals surface area (Å²) in [6, 6.07) is 18.1. The van der Waals surface area contributed by atoms with Crippen molar-refractivity contribution in [3.05, 3.63) is 90.9 Å². The fourth-order valence-corrected chi connectivity index (χ4v) is 2.50. The molecule has 2 aromatic carbocycles. The van der Waals surface area contributed by atoms with E-state index < -0.39 is 0 Å². The lowest BCUT2D eigenvalue weighted by atomic mass is 10.1. The van der Waals surface area contributed by atoms with Gasteiger partial charge in [-0.05, 0) is 36.4 Å². The highest BCUT2D eigenvalue weighted by Gasteiger charge is 2.23. The normalized spacial score (nSPS) is 15.3. The lowest BCUT2D eigenvalue weighted by Gasteiger charge is -2.37. The molecule has 0 unspecified atom stereocenters. The predicted molar refractivity (Wildman–Crippen MR) is 84.1 cm³/mol. The van der Waals surface area contributed by atoms with E-state index in [4.69, 9.17) is 4.74 Å². The molecule has 2 aromatic rings. The minimum Gasteiger partial charge on any atom is -0.455 e. The Bertz CT molecular complexity index is 747. The van der Waals surface area contributed by atoms with Crippen molar-refractivity contribution in [1.29, 1.82) is 0 Å². The smallest absolute Gasteiger partial charge is 0.155 e. The van der Waals surface area contributed by atoms with Crippen LogP contribution in [0.2, 0.25) is 0 Å². The summed E-state index contributed by atoms with van der Waals surface area (Å²) in [7, 11) is 0. The summed E-state index contributed by atoms with van der Waals surface area (Å²) in [6.45, 7) is 0. The number of para-hydroxylation sites is 2. The van der Waals surface area contributed by atoms with Gasteiger partial charge in [-0.25, -0.2) is 0 Å². The van der Waals surface area contributed by atoms with E-state index in [1.54, 1.807) is 0 Å². The molecule has 0 bridgehead atoms. The van der Waals surface area contributed by atoms with Crippen molar-refractivity contribution in [3.63, 3.8) is 0 Å². The summed E-state index contributed by atoms with van der Waals surface area (Å²) < 4.78 is 6.07. The summed E-state index contributed by atoms with van der Waals surface area (Å²) in [4.78, 5) is 0. The van der Waals surface area contributed by atoms with Gasteiger partial charge >= 0.3 is 0 Å². The van der Waals surface area contributed by atoms with Crippen molar-refractivity contribution in [1.82, 2.24) is 5.01 Å². The van der Waals surface area contributed by atoms with E-state index in [0.29, 0.717) is 0 Å². The van der Waals surface area contributed by atoms with Crippen molar-refractivity contribution in [3.8, 4) is 5.75 Å². The van der Waals surface area contributed by atoms with Crippen molar-refractivity contribution >= 4 is 11.4 Å². The van der Waals surface area contributed by atoms with Gasteiger partial charge in [0.2, 0.25) is 0 Å². The largest absolute Gasteiger partial charge is 0.455 e. The van der Waals surface area contributed by atoms with Crippen LogP contribution < -0.4 is 9.75 Å². The maximum absolute atomic E-state index is 6.07. The molecule has 3 nitrogen and oxygen atoms in total. The molecule has 0 amide bonds. The summed E-state index contributed by atoms with van der Waals surface area (Å²) in [6.07, 6.45) is 10.1. The Morgan fingerprint density at radius 2 is 1.52 bits per heavy atom. The van der Waals surface area contributed by atoms with Crippen LogP contribution in [0.3, 0.4) is 0 Å². The second-order valence-electron chi connectivity index (χ2n) is 4.83. The lowest BCUT2D eigenvalue weighted by molar-refractivity contribution is 0.452. The fraction of sp³-hybridized carbons (Fsp3) is 0. The number of fused-ring (bicyclic) bond motifs is 3. The highest BCUT2D eigenvalue weighted by atomic mass is 16.5. The summed E-state index contributed by atoms with van der Waals surface area (Å²) in [5.41, 5.74) is 2.18. The number of benzene rings is 2. The van der Waals surface area contributed by atoms with Gasteiger partial charge < -0.3 is 4.74 Å². The quantitative estimate of drug-likeness (QED) is 0.818. The first-order valence-electron chi connectivity index (χ1n) is 6.88. The van der Waals surface area contributed by atoms with E-state index in [-0.39, 0.29) is 0 Å². The molecule has 2 aliphatic heterocycles. The molecule has 0 aliphatic carbocycles. The van der Waals surface area contributed by atoms with Crippen molar-refractivity contribution in [2.24, 2.45) is 0 Å². The first-order chi connectivity index (χ1) is 10.4. The topological polar surface area (TPSA) is 15.7 Å². The van der Waals surface area contributed by atoms with E-state index in [1.165, 1.54) is 0 Å². The van der Waals surface area contributed by atoms with Crippen LogP contribution in [0.25, 0.3) is 5.76 Å². The number of ether oxygens (including phenoxy) is 1. The van der Waals surface area contributed by atoms with Crippen LogP contribution in [0.5, 0.6) is 5.75 Å². The van der Waals surface area contributed by atoms with Crippen molar-refractivity contribution in [2.75, 3.05) is 5.01 Å². The van der Waals surface area contributed by atoms with Crippen LogP contribution in [-0.4, -0.2) is 5.01 Å². The lowest BCUT2D eigenvalue weighted by Crippen LogP contribution is -2.35. The van der Waals surface area contributed by atoms with Gasteiger partial charge in [-0.3, -0.25) is 10.0 Å². The molecular formula is C18H14N2O. The van der Waals surface area contributed by atoms with Crippen LogP contribution in [-0.2, 0) is 0 Å². The molecule has 0 saturated heterocycles. The molecule has 4 rings (SSSR count). The zero-order chi connectivity index (χ0) is 14.1. The van der Waals surface area contributed by atoms with Crippen LogP contribution in [0.1, 0.15) is 5.56 Å². The standard InChI is InChI=1S/C18H14N2O/c1-2-8-15(9-3-1)21-18-14-19-12-6-7-13-20(19)17-11-5-4-10-16(17)18/h1-14H. The Morgan fingerprint density at radius 3 is 2.43 bits per heavy atom. The molecule has 0 radical (unpaired) electrons. The number of allylic oxidation sites excluding steroid dienone is 2. The Hall–Kier alpha value is -2.94. The average Bonchev–Trinajstić information content (AvgIpc) is 2.56. The third-order valence-electron chi connectivity index (χ3n) is 3.46. The molecule has 0 N–H and O–H groups in total. The second-order valence-corrected chi connectivity index (χ2v) is 4.83.